The highest BCUT2D eigenvalue weighted by molar-refractivity contribution is 8.13. The molecule has 1 N–H and O–H groups in total. The zero-order chi connectivity index (χ0) is 12.2. The molecule has 1 saturated carbocycles. The number of hydrogen-bond acceptors (Lipinski definition) is 4. The molecule has 18 heavy (non-hydrogen) atoms. The Balaban J connectivity index is 1.50. The monoisotopic (exact) mass is 281 g/mol. The summed E-state index contributed by atoms with van der Waals surface area (Å²) in [5.74, 6) is 2.13. The topological polar surface area (TPSA) is 37.3 Å². The molecule has 2 heterocycles. The Hall–Kier alpha value is -0.550. The maximum absolute atomic E-state index is 4.68. The highest BCUT2D eigenvalue weighted by Gasteiger charge is 2.29. The first-order valence-corrected chi connectivity index (χ1v) is 8.60. The second kappa shape index (κ2) is 6.06. The summed E-state index contributed by atoms with van der Waals surface area (Å²) in [4.78, 5) is 8.97. The molecular weight excluding hydrogens is 262 g/mol. The van der Waals surface area contributed by atoms with Crippen LogP contribution < -0.4 is 5.32 Å². The summed E-state index contributed by atoms with van der Waals surface area (Å²) >= 11 is 3.63. The number of hydrogen-bond donors (Lipinski definition) is 1. The Morgan fingerprint density at radius 1 is 1.39 bits per heavy atom. The number of amidine groups is 1. The van der Waals surface area contributed by atoms with Gasteiger partial charge in [0.25, 0.3) is 0 Å². The van der Waals surface area contributed by atoms with Gasteiger partial charge in [-0.3, -0.25) is 4.99 Å². The third-order valence-electron chi connectivity index (χ3n) is 3.72. The molecular formula is C13H19N3S2. The SMILES string of the molecule is c1csc(CCN=C2NC3CCCCC3CS2)n1. The number of thiazole rings is 1. The van der Waals surface area contributed by atoms with E-state index in [1.54, 1.807) is 11.3 Å². The van der Waals surface area contributed by atoms with Crippen LogP contribution in [0, 0.1) is 5.92 Å². The van der Waals surface area contributed by atoms with Gasteiger partial charge in [-0.2, -0.15) is 0 Å². The lowest BCUT2D eigenvalue weighted by Crippen LogP contribution is -2.46. The van der Waals surface area contributed by atoms with E-state index in [4.69, 9.17) is 0 Å². The standard InChI is InChI=1S/C13H19N3S2/c1-2-4-11-10(3-1)9-18-13(16-11)15-6-5-12-14-7-8-17-12/h7-8,10-11H,1-6,9H2,(H,15,16). The first kappa shape index (κ1) is 12.5. The van der Waals surface area contributed by atoms with Gasteiger partial charge in [-0.25, -0.2) is 4.98 Å². The van der Waals surface area contributed by atoms with Crippen molar-refractivity contribution in [1.29, 1.82) is 0 Å². The van der Waals surface area contributed by atoms with Crippen LogP contribution in [0.2, 0.25) is 0 Å². The number of nitrogens with one attached hydrogen (secondary N) is 1. The van der Waals surface area contributed by atoms with Crippen molar-refractivity contribution in [1.82, 2.24) is 10.3 Å². The van der Waals surface area contributed by atoms with Crippen molar-refractivity contribution in [2.75, 3.05) is 12.3 Å². The molecule has 2 atom stereocenters. The molecule has 1 saturated heterocycles. The fourth-order valence-electron chi connectivity index (χ4n) is 2.70. The normalized spacial score (nSPS) is 29.9. The molecule has 2 fully saturated rings. The summed E-state index contributed by atoms with van der Waals surface area (Å²) in [5, 5.41) is 8.01. The van der Waals surface area contributed by atoms with E-state index in [-0.39, 0.29) is 0 Å². The molecule has 3 nitrogen and oxygen atoms in total. The Kier molecular flexibility index (Phi) is 4.20. The van der Waals surface area contributed by atoms with Gasteiger partial charge < -0.3 is 5.32 Å². The molecule has 0 aromatic carbocycles. The fraction of sp³-hybridized carbons (Fsp3) is 0.692. The summed E-state index contributed by atoms with van der Waals surface area (Å²) in [6, 6.07) is 0.693. The molecule has 2 aliphatic rings. The van der Waals surface area contributed by atoms with Crippen LogP contribution in [0.25, 0.3) is 0 Å². The lowest BCUT2D eigenvalue weighted by molar-refractivity contribution is 0.311. The van der Waals surface area contributed by atoms with Crippen LogP contribution in [-0.2, 0) is 6.42 Å². The molecule has 0 spiro atoms. The average molecular weight is 281 g/mol. The lowest BCUT2D eigenvalue weighted by atomic mass is 9.86. The van der Waals surface area contributed by atoms with Crippen molar-refractivity contribution < 1.29 is 0 Å². The molecule has 0 amide bonds. The van der Waals surface area contributed by atoms with Crippen LogP contribution in [0.1, 0.15) is 30.7 Å². The van der Waals surface area contributed by atoms with Gasteiger partial charge in [0.05, 0.1) is 5.01 Å². The van der Waals surface area contributed by atoms with Crippen LogP contribution in [0.5, 0.6) is 0 Å². The van der Waals surface area contributed by atoms with E-state index in [1.807, 2.05) is 23.3 Å². The zero-order valence-electron chi connectivity index (χ0n) is 10.5. The van der Waals surface area contributed by atoms with Gasteiger partial charge in [0.2, 0.25) is 0 Å². The maximum atomic E-state index is 4.68. The molecule has 1 aliphatic heterocycles. The summed E-state index contributed by atoms with van der Waals surface area (Å²) in [5.41, 5.74) is 0. The van der Waals surface area contributed by atoms with Crippen LogP contribution in [0.15, 0.2) is 16.6 Å². The van der Waals surface area contributed by atoms with Gasteiger partial charge in [0.15, 0.2) is 5.17 Å². The largest absolute Gasteiger partial charge is 0.362 e. The van der Waals surface area contributed by atoms with Crippen LogP contribution in [0.4, 0.5) is 0 Å². The van der Waals surface area contributed by atoms with Gasteiger partial charge in [0.1, 0.15) is 0 Å². The predicted octanol–water partition coefficient (Wildman–Crippen LogP) is 2.94. The minimum Gasteiger partial charge on any atom is -0.362 e. The van der Waals surface area contributed by atoms with E-state index in [1.165, 1.54) is 36.4 Å². The number of thioether (sulfide) groups is 1. The van der Waals surface area contributed by atoms with Crippen molar-refractivity contribution in [3.05, 3.63) is 16.6 Å². The zero-order valence-corrected chi connectivity index (χ0v) is 12.1. The summed E-state index contributed by atoms with van der Waals surface area (Å²) in [7, 11) is 0. The van der Waals surface area contributed by atoms with E-state index in [0.29, 0.717) is 6.04 Å². The molecule has 0 radical (unpaired) electrons. The third-order valence-corrected chi connectivity index (χ3v) is 5.67. The Morgan fingerprint density at radius 2 is 2.33 bits per heavy atom. The first-order valence-electron chi connectivity index (χ1n) is 6.74. The minimum absolute atomic E-state index is 0.693. The maximum Gasteiger partial charge on any atom is 0.156 e. The van der Waals surface area contributed by atoms with Crippen molar-refractivity contribution in [2.24, 2.45) is 10.9 Å². The second-order valence-corrected chi connectivity index (χ2v) is 6.96. The summed E-state index contributed by atoms with van der Waals surface area (Å²) < 4.78 is 0. The van der Waals surface area contributed by atoms with E-state index in [0.717, 1.165) is 24.1 Å². The number of nitrogens with zero attached hydrogens (tertiary/aromatic N) is 2. The van der Waals surface area contributed by atoms with Crippen molar-refractivity contribution in [2.45, 2.75) is 38.1 Å². The van der Waals surface area contributed by atoms with Gasteiger partial charge in [0, 0.05) is 36.3 Å². The van der Waals surface area contributed by atoms with Crippen LogP contribution in [0.3, 0.4) is 0 Å². The molecule has 0 bridgehead atoms. The predicted molar refractivity (Wildman–Crippen MR) is 79.5 cm³/mol. The molecule has 1 aliphatic carbocycles. The highest BCUT2D eigenvalue weighted by atomic mass is 32.2. The second-order valence-electron chi connectivity index (χ2n) is 4.97. The Labute approximate surface area is 116 Å². The quantitative estimate of drug-likeness (QED) is 0.925. The third kappa shape index (κ3) is 3.06. The molecule has 1 aromatic heterocycles. The van der Waals surface area contributed by atoms with Crippen molar-refractivity contribution in [3.63, 3.8) is 0 Å². The average Bonchev–Trinajstić information content (AvgIpc) is 2.92. The molecule has 3 rings (SSSR count). The van der Waals surface area contributed by atoms with Crippen molar-refractivity contribution >= 4 is 28.3 Å². The number of fused-ring (bicyclic) bond motifs is 1. The highest BCUT2D eigenvalue weighted by Crippen LogP contribution is 2.31. The summed E-state index contributed by atoms with van der Waals surface area (Å²) in [6.07, 6.45) is 8.36. The van der Waals surface area contributed by atoms with E-state index >= 15 is 0 Å². The Bertz CT molecular complexity index is 402. The van der Waals surface area contributed by atoms with Gasteiger partial charge >= 0.3 is 0 Å². The van der Waals surface area contributed by atoms with E-state index < -0.39 is 0 Å². The Morgan fingerprint density at radius 3 is 3.22 bits per heavy atom. The van der Waals surface area contributed by atoms with Gasteiger partial charge in [-0.15, -0.1) is 11.3 Å². The van der Waals surface area contributed by atoms with Crippen molar-refractivity contribution in [3.8, 4) is 0 Å². The summed E-state index contributed by atoms with van der Waals surface area (Å²) in [6.45, 7) is 0.861. The fourth-order valence-corrected chi connectivity index (χ4v) is 4.50. The molecule has 2 unspecified atom stereocenters. The van der Waals surface area contributed by atoms with Crippen LogP contribution >= 0.6 is 23.1 Å². The van der Waals surface area contributed by atoms with E-state index in [2.05, 4.69) is 15.3 Å². The molecule has 5 heteroatoms. The van der Waals surface area contributed by atoms with E-state index in [9.17, 15) is 0 Å². The lowest BCUT2D eigenvalue weighted by Gasteiger charge is -2.36. The van der Waals surface area contributed by atoms with Gasteiger partial charge in [-0.1, -0.05) is 24.6 Å². The van der Waals surface area contributed by atoms with Gasteiger partial charge in [-0.05, 0) is 18.8 Å². The minimum atomic E-state index is 0.693. The number of aromatic nitrogens is 1. The number of aliphatic imine (C=N–C) groups is 1. The van der Waals surface area contributed by atoms with Crippen LogP contribution in [-0.4, -0.2) is 28.5 Å². The molecule has 1 aromatic rings. The number of rotatable bonds is 3. The molecule has 98 valence electrons. The first-order chi connectivity index (χ1) is 8.92. The smallest absolute Gasteiger partial charge is 0.156 e.